The molecular formula is C12H23NO4. The molecule has 5 heteroatoms. The monoisotopic (exact) mass is 245 g/mol. The number of hydrogen-bond acceptors (Lipinski definition) is 4. The lowest BCUT2D eigenvalue weighted by molar-refractivity contribution is -0.137. The third kappa shape index (κ3) is 6.61. The molecule has 2 N–H and O–H groups in total. The molecule has 1 aliphatic heterocycles. The highest BCUT2D eigenvalue weighted by Crippen LogP contribution is 2.14. The second kappa shape index (κ2) is 8.44. The molecule has 0 saturated carbocycles. The molecule has 0 unspecified atom stereocenters. The Labute approximate surface area is 102 Å². The topological polar surface area (TPSA) is 70.0 Å². The normalized spacial score (nSPS) is 18.4. The van der Waals surface area contributed by atoms with Crippen LogP contribution in [0.1, 0.15) is 32.1 Å². The van der Waals surface area contributed by atoms with Gasteiger partial charge in [0.1, 0.15) is 0 Å². The van der Waals surface area contributed by atoms with Gasteiger partial charge >= 0.3 is 5.97 Å². The van der Waals surface area contributed by atoms with Crippen LogP contribution in [0, 0.1) is 0 Å². The van der Waals surface area contributed by atoms with Gasteiger partial charge in [-0.1, -0.05) is 0 Å². The van der Waals surface area contributed by atoms with E-state index in [1.54, 1.807) is 0 Å². The average molecular weight is 245 g/mol. The first-order valence-electron chi connectivity index (χ1n) is 6.39. The summed E-state index contributed by atoms with van der Waals surface area (Å²) in [6.07, 6.45) is 4.30. The highest BCUT2D eigenvalue weighted by molar-refractivity contribution is 5.66. The summed E-state index contributed by atoms with van der Waals surface area (Å²) in [6, 6.07) is 0. The molecule has 17 heavy (non-hydrogen) atoms. The molecule has 1 fully saturated rings. The molecule has 100 valence electrons. The summed E-state index contributed by atoms with van der Waals surface area (Å²) in [5.74, 6) is -0.707. The molecule has 0 aliphatic carbocycles. The van der Waals surface area contributed by atoms with Crippen LogP contribution in [0.5, 0.6) is 0 Å². The summed E-state index contributed by atoms with van der Waals surface area (Å²) in [6.45, 7) is 3.55. The Balaban J connectivity index is 2.01. The van der Waals surface area contributed by atoms with E-state index in [1.807, 2.05) is 0 Å². The van der Waals surface area contributed by atoms with Crippen molar-refractivity contribution in [1.29, 1.82) is 0 Å². The molecule has 1 saturated heterocycles. The SMILES string of the molecule is O=C(O)CCCCN1CCC(OCCO)CC1. The maximum atomic E-state index is 10.3. The van der Waals surface area contributed by atoms with Crippen molar-refractivity contribution < 1.29 is 19.7 Å². The fraction of sp³-hybridized carbons (Fsp3) is 0.917. The molecule has 0 amide bonds. The first kappa shape index (κ1) is 14.4. The van der Waals surface area contributed by atoms with E-state index in [9.17, 15) is 4.79 Å². The number of carboxylic acid groups (broad SMARTS) is 1. The van der Waals surface area contributed by atoms with Crippen LogP contribution in [0.3, 0.4) is 0 Å². The zero-order valence-electron chi connectivity index (χ0n) is 10.3. The maximum Gasteiger partial charge on any atom is 0.303 e. The molecular weight excluding hydrogens is 222 g/mol. The van der Waals surface area contributed by atoms with E-state index in [-0.39, 0.29) is 19.1 Å². The lowest BCUT2D eigenvalue weighted by Gasteiger charge is -2.31. The predicted octanol–water partition coefficient (Wildman–Crippen LogP) is 0.715. The van der Waals surface area contributed by atoms with Crippen molar-refractivity contribution in [3.63, 3.8) is 0 Å². The van der Waals surface area contributed by atoms with Gasteiger partial charge in [-0.25, -0.2) is 0 Å². The van der Waals surface area contributed by atoms with Crippen molar-refractivity contribution in [3.05, 3.63) is 0 Å². The average Bonchev–Trinajstić information content (AvgIpc) is 2.33. The van der Waals surface area contributed by atoms with Crippen LogP contribution in [-0.4, -0.2) is 60.0 Å². The number of ether oxygens (including phenoxy) is 1. The third-order valence-electron chi connectivity index (χ3n) is 3.09. The van der Waals surface area contributed by atoms with Gasteiger partial charge < -0.3 is 19.8 Å². The summed E-state index contributed by atoms with van der Waals surface area (Å²) in [5, 5.41) is 17.2. The smallest absolute Gasteiger partial charge is 0.303 e. The van der Waals surface area contributed by atoms with Crippen LogP contribution in [-0.2, 0) is 9.53 Å². The number of hydrogen-bond donors (Lipinski definition) is 2. The Bertz CT molecular complexity index is 215. The Hall–Kier alpha value is -0.650. The minimum atomic E-state index is -0.707. The third-order valence-corrected chi connectivity index (χ3v) is 3.09. The fourth-order valence-corrected chi connectivity index (χ4v) is 2.13. The summed E-state index contributed by atoms with van der Waals surface area (Å²) >= 11 is 0. The van der Waals surface area contributed by atoms with Gasteiger partial charge in [-0.15, -0.1) is 0 Å². The highest BCUT2D eigenvalue weighted by Gasteiger charge is 2.18. The van der Waals surface area contributed by atoms with Gasteiger partial charge in [0.25, 0.3) is 0 Å². The Morgan fingerprint density at radius 2 is 2.00 bits per heavy atom. The van der Waals surface area contributed by atoms with E-state index in [2.05, 4.69) is 4.90 Å². The number of aliphatic hydroxyl groups is 1. The molecule has 0 atom stereocenters. The zero-order chi connectivity index (χ0) is 12.5. The molecule has 0 aromatic heterocycles. The van der Waals surface area contributed by atoms with E-state index >= 15 is 0 Å². The molecule has 1 aliphatic rings. The standard InChI is InChI=1S/C12H23NO4/c14-9-10-17-11-4-7-13(8-5-11)6-2-1-3-12(15)16/h11,14H,1-10H2,(H,15,16). The van der Waals surface area contributed by atoms with E-state index in [1.165, 1.54) is 0 Å². The number of piperidine rings is 1. The first-order chi connectivity index (χ1) is 8.22. The molecule has 0 bridgehead atoms. The Morgan fingerprint density at radius 3 is 2.59 bits per heavy atom. The summed E-state index contributed by atoms with van der Waals surface area (Å²) in [5.41, 5.74) is 0. The molecule has 1 rings (SSSR count). The molecule has 0 aromatic rings. The molecule has 0 aromatic carbocycles. The number of carboxylic acids is 1. The van der Waals surface area contributed by atoms with E-state index < -0.39 is 5.97 Å². The van der Waals surface area contributed by atoms with Gasteiger partial charge in [0.15, 0.2) is 0 Å². The maximum absolute atomic E-state index is 10.3. The van der Waals surface area contributed by atoms with Crippen molar-refractivity contribution in [2.75, 3.05) is 32.8 Å². The number of nitrogens with zero attached hydrogens (tertiary/aromatic N) is 1. The molecule has 0 spiro atoms. The minimum Gasteiger partial charge on any atom is -0.481 e. The number of aliphatic carboxylic acids is 1. The minimum absolute atomic E-state index is 0.0927. The van der Waals surface area contributed by atoms with Crippen LogP contribution in [0.4, 0.5) is 0 Å². The summed E-state index contributed by atoms with van der Waals surface area (Å²) < 4.78 is 5.48. The van der Waals surface area contributed by atoms with E-state index in [0.29, 0.717) is 6.61 Å². The summed E-state index contributed by atoms with van der Waals surface area (Å²) in [4.78, 5) is 12.7. The van der Waals surface area contributed by atoms with Crippen LogP contribution in [0.15, 0.2) is 0 Å². The highest BCUT2D eigenvalue weighted by atomic mass is 16.5. The van der Waals surface area contributed by atoms with Crippen LogP contribution >= 0.6 is 0 Å². The predicted molar refractivity (Wildman–Crippen MR) is 64.0 cm³/mol. The van der Waals surface area contributed by atoms with Gasteiger partial charge in [0.2, 0.25) is 0 Å². The number of likely N-dealkylation sites (tertiary alicyclic amines) is 1. The summed E-state index contributed by atoms with van der Waals surface area (Å²) in [7, 11) is 0. The Morgan fingerprint density at radius 1 is 1.29 bits per heavy atom. The van der Waals surface area contributed by atoms with Gasteiger partial charge in [0.05, 0.1) is 19.3 Å². The lowest BCUT2D eigenvalue weighted by Crippen LogP contribution is -2.37. The van der Waals surface area contributed by atoms with Crippen LogP contribution in [0.25, 0.3) is 0 Å². The fourth-order valence-electron chi connectivity index (χ4n) is 2.13. The van der Waals surface area contributed by atoms with Crippen molar-refractivity contribution in [2.24, 2.45) is 0 Å². The first-order valence-corrected chi connectivity index (χ1v) is 6.39. The second-order valence-electron chi connectivity index (χ2n) is 4.49. The number of unbranched alkanes of at least 4 members (excludes halogenated alkanes) is 1. The zero-order valence-corrected chi connectivity index (χ0v) is 10.3. The van der Waals surface area contributed by atoms with Gasteiger partial charge in [-0.05, 0) is 32.2 Å². The molecule has 0 radical (unpaired) electrons. The lowest BCUT2D eigenvalue weighted by atomic mass is 10.1. The van der Waals surface area contributed by atoms with Crippen molar-refractivity contribution in [3.8, 4) is 0 Å². The largest absolute Gasteiger partial charge is 0.481 e. The van der Waals surface area contributed by atoms with Crippen molar-refractivity contribution >= 4 is 5.97 Å². The Kier molecular flexibility index (Phi) is 7.16. The molecule has 5 nitrogen and oxygen atoms in total. The van der Waals surface area contributed by atoms with Crippen molar-refractivity contribution in [1.82, 2.24) is 4.90 Å². The molecule has 1 heterocycles. The van der Waals surface area contributed by atoms with Gasteiger partial charge in [-0.2, -0.15) is 0 Å². The quantitative estimate of drug-likeness (QED) is 0.616. The van der Waals surface area contributed by atoms with E-state index in [4.69, 9.17) is 14.9 Å². The van der Waals surface area contributed by atoms with E-state index in [0.717, 1.165) is 45.3 Å². The van der Waals surface area contributed by atoms with Gasteiger partial charge in [0, 0.05) is 19.5 Å². The number of aliphatic hydroxyl groups excluding tert-OH is 1. The number of rotatable bonds is 8. The second-order valence-corrected chi connectivity index (χ2v) is 4.49. The van der Waals surface area contributed by atoms with Crippen molar-refractivity contribution in [2.45, 2.75) is 38.2 Å². The van der Waals surface area contributed by atoms with Gasteiger partial charge in [-0.3, -0.25) is 4.79 Å². The van der Waals surface area contributed by atoms with Crippen LogP contribution < -0.4 is 0 Å². The number of carbonyl (C=O) groups is 1. The van der Waals surface area contributed by atoms with Crippen LogP contribution in [0.2, 0.25) is 0 Å².